The topological polar surface area (TPSA) is 65.4 Å². The van der Waals surface area contributed by atoms with E-state index < -0.39 is 11.7 Å². The SMILES string of the molecule is Cc1cc(C)n(-c2ccc(C(=O)Nc3ccccc3O[C@H]3CCOC3)cc2F)n1. The van der Waals surface area contributed by atoms with Crippen LogP contribution in [0.2, 0.25) is 0 Å². The van der Waals surface area contributed by atoms with E-state index in [1.54, 1.807) is 30.3 Å². The zero-order chi connectivity index (χ0) is 20.4. The average Bonchev–Trinajstić information content (AvgIpc) is 3.32. The van der Waals surface area contributed by atoms with E-state index in [1.165, 1.54) is 10.7 Å². The van der Waals surface area contributed by atoms with Crippen molar-refractivity contribution in [3.8, 4) is 11.4 Å². The minimum Gasteiger partial charge on any atom is -0.486 e. The molecule has 150 valence electrons. The van der Waals surface area contributed by atoms with Crippen molar-refractivity contribution in [2.45, 2.75) is 26.4 Å². The van der Waals surface area contributed by atoms with Crippen molar-refractivity contribution in [3.05, 3.63) is 71.3 Å². The van der Waals surface area contributed by atoms with Crippen LogP contribution in [0, 0.1) is 19.7 Å². The number of hydrogen-bond donors (Lipinski definition) is 1. The molecule has 1 atom stereocenters. The van der Waals surface area contributed by atoms with Crippen molar-refractivity contribution in [1.82, 2.24) is 9.78 Å². The van der Waals surface area contributed by atoms with Crippen molar-refractivity contribution < 1.29 is 18.7 Å². The highest BCUT2D eigenvalue weighted by atomic mass is 19.1. The Morgan fingerprint density at radius 3 is 2.76 bits per heavy atom. The molecular formula is C22H22FN3O3. The smallest absolute Gasteiger partial charge is 0.255 e. The highest BCUT2D eigenvalue weighted by Gasteiger charge is 2.20. The molecule has 0 aliphatic carbocycles. The van der Waals surface area contributed by atoms with Gasteiger partial charge in [0.15, 0.2) is 0 Å². The Kier molecular flexibility index (Phi) is 5.31. The normalized spacial score (nSPS) is 16.0. The van der Waals surface area contributed by atoms with Gasteiger partial charge in [-0.3, -0.25) is 4.79 Å². The summed E-state index contributed by atoms with van der Waals surface area (Å²) in [6.07, 6.45) is 0.770. The molecule has 4 rings (SSSR count). The standard InChI is InChI=1S/C22H22FN3O3/c1-14-11-15(2)26(25-14)20-8-7-16(12-18(20)23)22(27)24-19-5-3-4-6-21(19)29-17-9-10-28-13-17/h3-8,11-12,17H,9-10,13H2,1-2H3,(H,24,27)/t17-/m0/s1. The van der Waals surface area contributed by atoms with Gasteiger partial charge in [-0.25, -0.2) is 9.07 Å². The molecule has 29 heavy (non-hydrogen) atoms. The summed E-state index contributed by atoms with van der Waals surface area (Å²) in [6, 6.07) is 13.4. The van der Waals surface area contributed by atoms with Crippen LogP contribution in [0.4, 0.5) is 10.1 Å². The summed E-state index contributed by atoms with van der Waals surface area (Å²) in [5.74, 6) is -0.366. The molecule has 0 saturated carbocycles. The lowest BCUT2D eigenvalue weighted by molar-refractivity contribution is 0.102. The van der Waals surface area contributed by atoms with E-state index in [0.29, 0.717) is 30.3 Å². The fraction of sp³-hybridized carbons (Fsp3) is 0.273. The Balaban J connectivity index is 1.53. The third kappa shape index (κ3) is 4.14. The third-order valence-electron chi connectivity index (χ3n) is 4.76. The van der Waals surface area contributed by atoms with E-state index in [9.17, 15) is 9.18 Å². The van der Waals surface area contributed by atoms with Gasteiger partial charge >= 0.3 is 0 Å². The van der Waals surface area contributed by atoms with Gasteiger partial charge in [-0.2, -0.15) is 5.10 Å². The molecule has 0 unspecified atom stereocenters. The predicted octanol–water partition coefficient (Wildman–Crippen LogP) is 4.05. The first-order valence-electron chi connectivity index (χ1n) is 9.49. The fourth-order valence-electron chi connectivity index (χ4n) is 3.35. The van der Waals surface area contributed by atoms with E-state index in [2.05, 4.69) is 10.4 Å². The fourth-order valence-corrected chi connectivity index (χ4v) is 3.35. The van der Waals surface area contributed by atoms with E-state index in [1.807, 2.05) is 26.0 Å². The van der Waals surface area contributed by atoms with Gasteiger partial charge in [-0.1, -0.05) is 12.1 Å². The first kappa shape index (κ1) is 19.1. The number of para-hydroxylation sites is 2. The summed E-state index contributed by atoms with van der Waals surface area (Å²) < 4.78 is 27.5. The molecule has 6 nitrogen and oxygen atoms in total. The Morgan fingerprint density at radius 1 is 1.24 bits per heavy atom. The van der Waals surface area contributed by atoms with Gasteiger partial charge in [0.05, 0.1) is 24.6 Å². The minimum absolute atomic E-state index is 0.0365. The van der Waals surface area contributed by atoms with E-state index in [4.69, 9.17) is 9.47 Å². The maximum absolute atomic E-state index is 14.7. The van der Waals surface area contributed by atoms with Crippen molar-refractivity contribution in [2.24, 2.45) is 0 Å². The molecule has 1 fully saturated rings. The van der Waals surface area contributed by atoms with Crippen molar-refractivity contribution in [2.75, 3.05) is 18.5 Å². The van der Waals surface area contributed by atoms with Crippen LogP contribution < -0.4 is 10.1 Å². The zero-order valence-corrected chi connectivity index (χ0v) is 16.3. The van der Waals surface area contributed by atoms with E-state index >= 15 is 0 Å². The summed E-state index contributed by atoms with van der Waals surface area (Å²) in [4.78, 5) is 12.7. The molecule has 1 aromatic heterocycles. The number of nitrogens with one attached hydrogen (secondary N) is 1. The van der Waals surface area contributed by atoms with Crippen LogP contribution in [0.3, 0.4) is 0 Å². The average molecular weight is 395 g/mol. The number of aryl methyl sites for hydroxylation is 2. The number of carbonyl (C=O) groups is 1. The third-order valence-corrected chi connectivity index (χ3v) is 4.76. The molecule has 0 spiro atoms. The molecule has 2 aromatic carbocycles. The molecule has 7 heteroatoms. The lowest BCUT2D eigenvalue weighted by atomic mass is 10.1. The van der Waals surface area contributed by atoms with Crippen LogP contribution in [0.5, 0.6) is 5.75 Å². The summed E-state index contributed by atoms with van der Waals surface area (Å²) in [5, 5.41) is 7.10. The van der Waals surface area contributed by atoms with Crippen molar-refractivity contribution in [3.63, 3.8) is 0 Å². The highest BCUT2D eigenvalue weighted by Crippen LogP contribution is 2.27. The zero-order valence-electron chi connectivity index (χ0n) is 16.3. The second-order valence-electron chi connectivity index (χ2n) is 7.06. The summed E-state index contributed by atoms with van der Waals surface area (Å²) in [7, 11) is 0. The van der Waals surface area contributed by atoms with Crippen LogP contribution in [-0.4, -0.2) is 35.0 Å². The van der Waals surface area contributed by atoms with Crippen LogP contribution in [0.25, 0.3) is 5.69 Å². The van der Waals surface area contributed by atoms with Crippen molar-refractivity contribution >= 4 is 11.6 Å². The minimum atomic E-state index is -0.517. The van der Waals surface area contributed by atoms with Gasteiger partial charge in [0.1, 0.15) is 23.4 Å². The van der Waals surface area contributed by atoms with Gasteiger partial charge in [0.2, 0.25) is 0 Å². The number of benzene rings is 2. The van der Waals surface area contributed by atoms with Gasteiger partial charge in [0, 0.05) is 17.7 Å². The number of halogens is 1. The van der Waals surface area contributed by atoms with Gasteiger partial charge in [-0.05, 0) is 50.2 Å². The Labute approximate surface area is 168 Å². The molecule has 1 aliphatic heterocycles. The number of hydrogen-bond acceptors (Lipinski definition) is 4. The van der Waals surface area contributed by atoms with E-state index in [-0.39, 0.29) is 11.7 Å². The largest absolute Gasteiger partial charge is 0.486 e. The molecule has 1 aliphatic rings. The molecule has 3 aromatic rings. The highest BCUT2D eigenvalue weighted by molar-refractivity contribution is 6.05. The van der Waals surface area contributed by atoms with Crippen molar-refractivity contribution in [1.29, 1.82) is 0 Å². The Bertz CT molecular complexity index is 1040. The molecular weight excluding hydrogens is 373 g/mol. The number of anilines is 1. The molecule has 1 N–H and O–H groups in total. The summed E-state index contributed by atoms with van der Waals surface area (Å²) in [5.41, 5.74) is 2.67. The lowest BCUT2D eigenvalue weighted by Crippen LogP contribution is -2.18. The molecule has 0 bridgehead atoms. The van der Waals surface area contributed by atoms with Gasteiger partial charge in [0.25, 0.3) is 5.91 Å². The second kappa shape index (κ2) is 8.05. The molecule has 0 radical (unpaired) electrons. The number of amides is 1. The maximum Gasteiger partial charge on any atom is 0.255 e. The van der Waals surface area contributed by atoms with Crippen LogP contribution in [0.1, 0.15) is 28.2 Å². The maximum atomic E-state index is 14.7. The lowest BCUT2D eigenvalue weighted by Gasteiger charge is -2.16. The first-order valence-corrected chi connectivity index (χ1v) is 9.49. The van der Waals surface area contributed by atoms with Crippen LogP contribution in [-0.2, 0) is 4.74 Å². The number of ether oxygens (including phenoxy) is 2. The van der Waals surface area contributed by atoms with Gasteiger partial charge < -0.3 is 14.8 Å². The number of rotatable bonds is 5. The second-order valence-corrected chi connectivity index (χ2v) is 7.06. The van der Waals surface area contributed by atoms with E-state index in [0.717, 1.165) is 17.8 Å². The number of aromatic nitrogens is 2. The summed E-state index contributed by atoms with van der Waals surface area (Å²) in [6.45, 7) is 4.90. The first-order chi connectivity index (χ1) is 14.0. The van der Waals surface area contributed by atoms with Gasteiger partial charge in [-0.15, -0.1) is 0 Å². The molecule has 1 saturated heterocycles. The predicted molar refractivity (Wildman–Crippen MR) is 107 cm³/mol. The Hall–Kier alpha value is -3.19. The Morgan fingerprint density at radius 2 is 2.07 bits per heavy atom. The molecule has 2 heterocycles. The van der Waals surface area contributed by atoms with Crippen LogP contribution in [0.15, 0.2) is 48.5 Å². The quantitative estimate of drug-likeness (QED) is 0.708. The number of carbonyl (C=O) groups excluding carboxylic acids is 1. The van der Waals surface area contributed by atoms with Crippen LogP contribution >= 0.6 is 0 Å². The molecule has 1 amide bonds. The monoisotopic (exact) mass is 395 g/mol. The summed E-state index contributed by atoms with van der Waals surface area (Å²) >= 11 is 0. The number of nitrogens with zero attached hydrogens (tertiary/aromatic N) is 2.